The van der Waals surface area contributed by atoms with E-state index < -0.39 is 6.04 Å². The quantitative estimate of drug-likeness (QED) is 0.672. The summed E-state index contributed by atoms with van der Waals surface area (Å²) in [6, 6.07) is 6.70. The van der Waals surface area contributed by atoms with Crippen LogP contribution in [-0.4, -0.2) is 28.7 Å². The second kappa shape index (κ2) is 5.29. The van der Waals surface area contributed by atoms with Gasteiger partial charge in [-0.05, 0) is 55.6 Å². The molecule has 134 valence electrons. The van der Waals surface area contributed by atoms with Gasteiger partial charge in [0.1, 0.15) is 6.04 Å². The lowest BCUT2D eigenvalue weighted by Crippen LogP contribution is -2.46. The zero-order chi connectivity index (χ0) is 18.2. The number of carbonyl (C=O) groups excluding carboxylic acids is 3. The first-order chi connectivity index (χ1) is 12.5. The average molecular weight is 350 g/mol. The van der Waals surface area contributed by atoms with E-state index in [4.69, 9.17) is 0 Å². The Balaban J connectivity index is 1.39. The first-order valence-corrected chi connectivity index (χ1v) is 9.41. The largest absolute Gasteiger partial charge is 0.324 e. The van der Waals surface area contributed by atoms with E-state index in [1.165, 1.54) is 4.90 Å². The lowest BCUT2D eigenvalue weighted by molar-refractivity contribution is -0.146. The first kappa shape index (κ1) is 15.8. The number of hydrogen-bond acceptors (Lipinski definition) is 3. The van der Waals surface area contributed by atoms with E-state index >= 15 is 0 Å². The standard InChI is InChI=1S/C21H22N2O3/c1-10-5-3-4-6-16(10)22-19(24)11(2)23-20(25)17-12-7-8-13(15-9-14(12)15)18(17)21(23)26/h3-8,11-15,17-18H,9H2,1-2H3,(H,22,24)/t11-,12-,13-,14-,15-,17-,18+/m0/s1. The molecule has 1 heterocycles. The number of likely N-dealkylation sites (tertiary alicyclic amines) is 1. The molecule has 0 spiro atoms. The highest BCUT2D eigenvalue weighted by molar-refractivity contribution is 6.10. The topological polar surface area (TPSA) is 66.5 Å². The van der Waals surface area contributed by atoms with Gasteiger partial charge in [-0.25, -0.2) is 0 Å². The maximum Gasteiger partial charge on any atom is 0.247 e. The molecule has 3 amide bonds. The fourth-order valence-electron chi connectivity index (χ4n) is 5.43. The van der Waals surface area contributed by atoms with Crippen LogP contribution in [0.25, 0.3) is 0 Å². The van der Waals surface area contributed by atoms with Crippen molar-refractivity contribution < 1.29 is 14.4 Å². The molecule has 4 aliphatic carbocycles. The van der Waals surface area contributed by atoms with Gasteiger partial charge in [0.15, 0.2) is 0 Å². The van der Waals surface area contributed by atoms with Crippen molar-refractivity contribution in [3.63, 3.8) is 0 Å². The van der Waals surface area contributed by atoms with Crippen molar-refractivity contribution in [2.45, 2.75) is 26.3 Å². The van der Waals surface area contributed by atoms with Gasteiger partial charge in [-0.3, -0.25) is 19.3 Å². The van der Waals surface area contributed by atoms with Gasteiger partial charge >= 0.3 is 0 Å². The molecule has 1 aliphatic heterocycles. The highest BCUT2D eigenvalue weighted by Crippen LogP contribution is 2.65. The minimum absolute atomic E-state index is 0.155. The van der Waals surface area contributed by atoms with Crippen molar-refractivity contribution in [2.75, 3.05) is 5.32 Å². The molecule has 5 nitrogen and oxygen atoms in total. The van der Waals surface area contributed by atoms with Crippen LogP contribution >= 0.6 is 0 Å². The number of allylic oxidation sites excluding steroid dienone is 2. The smallest absolute Gasteiger partial charge is 0.247 e. The summed E-state index contributed by atoms with van der Waals surface area (Å²) in [4.78, 5) is 40.1. The Morgan fingerprint density at radius 1 is 1.08 bits per heavy atom. The summed E-state index contributed by atoms with van der Waals surface area (Å²) in [6.07, 6.45) is 5.43. The highest BCUT2D eigenvalue weighted by Gasteiger charge is 2.67. The molecule has 0 aromatic heterocycles. The van der Waals surface area contributed by atoms with Gasteiger partial charge in [0.05, 0.1) is 11.8 Å². The summed E-state index contributed by atoms with van der Waals surface area (Å²) in [5.74, 6) is 0.369. The molecular formula is C21H22N2O3. The number of para-hydroxylation sites is 1. The van der Waals surface area contributed by atoms with Gasteiger partial charge < -0.3 is 5.32 Å². The van der Waals surface area contributed by atoms with Crippen molar-refractivity contribution in [3.05, 3.63) is 42.0 Å². The average Bonchev–Trinajstić information content (AvgIpc) is 3.41. The molecule has 5 aliphatic rings. The Labute approximate surface area is 152 Å². The van der Waals surface area contributed by atoms with E-state index in [1.54, 1.807) is 6.92 Å². The van der Waals surface area contributed by atoms with E-state index in [1.807, 2.05) is 31.2 Å². The number of amides is 3. The van der Waals surface area contributed by atoms with Crippen molar-refractivity contribution in [2.24, 2.45) is 35.5 Å². The number of imide groups is 1. The Hall–Kier alpha value is -2.43. The van der Waals surface area contributed by atoms with Crippen LogP contribution in [0.1, 0.15) is 18.9 Å². The SMILES string of the molecule is Cc1ccccc1NC(=O)[C@H](C)N1C(=O)[C@@H]2[C@H]3C=C[C@@H]([C@@H]4C[C@@H]34)[C@@H]2C1=O. The third kappa shape index (κ3) is 2.00. The summed E-state index contributed by atoms with van der Waals surface area (Å²) in [5.41, 5.74) is 1.66. The zero-order valence-electron chi connectivity index (χ0n) is 14.9. The van der Waals surface area contributed by atoms with Gasteiger partial charge in [0.2, 0.25) is 17.7 Å². The number of anilines is 1. The molecule has 0 radical (unpaired) electrons. The van der Waals surface area contributed by atoms with E-state index in [2.05, 4.69) is 17.5 Å². The predicted octanol–water partition coefficient (Wildman–Crippen LogP) is 2.38. The summed E-state index contributed by atoms with van der Waals surface area (Å²) >= 11 is 0. The molecule has 1 saturated heterocycles. The number of benzene rings is 1. The summed E-state index contributed by atoms with van der Waals surface area (Å²) in [7, 11) is 0. The molecule has 1 aromatic carbocycles. The third-order valence-corrected chi connectivity index (χ3v) is 6.87. The first-order valence-electron chi connectivity index (χ1n) is 9.41. The van der Waals surface area contributed by atoms with Crippen molar-refractivity contribution >= 4 is 23.4 Å². The second-order valence-corrected chi connectivity index (χ2v) is 8.18. The molecule has 6 rings (SSSR count). The molecular weight excluding hydrogens is 328 g/mol. The summed E-state index contributed by atoms with van der Waals surface area (Å²) < 4.78 is 0. The Bertz CT molecular complexity index is 825. The van der Waals surface area contributed by atoms with Crippen LogP contribution in [0.5, 0.6) is 0 Å². The van der Waals surface area contributed by atoms with E-state index in [-0.39, 0.29) is 41.4 Å². The molecule has 3 fully saturated rings. The van der Waals surface area contributed by atoms with Crippen molar-refractivity contribution in [1.82, 2.24) is 4.90 Å². The van der Waals surface area contributed by atoms with Crippen molar-refractivity contribution in [3.8, 4) is 0 Å². The van der Waals surface area contributed by atoms with Gasteiger partial charge in [0, 0.05) is 5.69 Å². The molecule has 2 bridgehead atoms. The fraction of sp³-hybridized carbons (Fsp3) is 0.476. The lowest BCUT2D eigenvalue weighted by Gasteiger charge is -2.37. The Kier molecular flexibility index (Phi) is 3.21. The monoisotopic (exact) mass is 350 g/mol. The van der Waals surface area contributed by atoms with E-state index in [0.717, 1.165) is 12.0 Å². The van der Waals surface area contributed by atoms with Gasteiger partial charge in [-0.15, -0.1) is 0 Å². The lowest BCUT2D eigenvalue weighted by atomic mass is 9.63. The minimum Gasteiger partial charge on any atom is -0.324 e. The third-order valence-electron chi connectivity index (χ3n) is 6.87. The van der Waals surface area contributed by atoms with Crippen LogP contribution in [0.15, 0.2) is 36.4 Å². The van der Waals surface area contributed by atoms with E-state index in [0.29, 0.717) is 17.5 Å². The number of nitrogens with zero attached hydrogens (tertiary/aromatic N) is 1. The van der Waals surface area contributed by atoms with Crippen LogP contribution in [0, 0.1) is 42.4 Å². The van der Waals surface area contributed by atoms with Crippen LogP contribution < -0.4 is 5.32 Å². The predicted molar refractivity (Wildman–Crippen MR) is 95.8 cm³/mol. The van der Waals surface area contributed by atoms with Crippen LogP contribution in [0.3, 0.4) is 0 Å². The normalized spacial score (nSPS) is 37.4. The Morgan fingerprint density at radius 2 is 1.65 bits per heavy atom. The molecule has 0 unspecified atom stereocenters. The maximum absolute atomic E-state index is 13.1. The molecule has 5 heteroatoms. The second-order valence-electron chi connectivity index (χ2n) is 8.18. The minimum atomic E-state index is -0.795. The molecule has 1 N–H and O–H groups in total. The fourth-order valence-corrected chi connectivity index (χ4v) is 5.43. The highest BCUT2D eigenvalue weighted by atomic mass is 16.2. The Morgan fingerprint density at radius 3 is 2.23 bits per heavy atom. The summed E-state index contributed by atoms with van der Waals surface area (Å²) in [5, 5.41) is 2.86. The van der Waals surface area contributed by atoms with Gasteiger partial charge in [0.25, 0.3) is 0 Å². The van der Waals surface area contributed by atoms with Crippen LogP contribution in [-0.2, 0) is 14.4 Å². The van der Waals surface area contributed by atoms with E-state index in [9.17, 15) is 14.4 Å². The molecule has 2 saturated carbocycles. The molecule has 1 aromatic rings. The molecule has 26 heavy (non-hydrogen) atoms. The maximum atomic E-state index is 13.1. The summed E-state index contributed by atoms with van der Waals surface area (Å²) in [6.45, 7) is 3.56. The van der Waals surface area contributed by atoms with Crippen LogP contribution in [0.4, 0.5) is 5.69 Å². The molecule has 7 atom stereocenters. The van der Waals surface area contributed by atoms with Crippen molar-refractivity contribution in [1.29, 1.82) is 0 Å². The number of carbonyl (C=O) groups is 3. The van der Waals surface area contributed by atoms with Crippen LogP contribution in [0.2, 0.25) is 0 Å². The number of aryl methyl sites for hydroxylation is 1. The number of nitrogens with one attached hydrogen (secondary N) is 1. The van der Waals surface area contributed by atoms with Gasteiger partial charge in [-0.2, -0.15) is 0 Å². The van der Waals surface area contributed by atoms with Gasteiger partial charge in [-0.1, -0.05) is 30.4 Å². The zero-order valence-corrected chi connectivity index (χ0v) is 14.9. The number of rotatable bonds is 3. The number of hydrogen-bond donors (Lipinski definition) is 1.